The van der Waals surface area contributed by atoms with Crippen LogP contribution < -0.4 is 9.47 Å². The molecule has 3 aromatic rings. The molecule has 32 heavy (non-hydrogen) atoms. The summed E-state index contributed by atoms with van der Waals surface area (Å²) < 4.78 is 24.7. The molecule has 1 heterocycles. The van der Waals surface area contributed by atoms with Gasteiger partial charge in [0, 0.05) is 29.7 Å². The lowest BCUT2D eigenvalue weighted by Gasteiger charge is -2.31. The standard InChI is InChI=1S/C27H28FNO3/c1-31-26-17-25(32-19-20-5-3-2-4-6-20)12-9-23(26)18-29-15-13-22(14-16-29)27(30)21-7-10-24(28)11-8-21/h2-12,17,22H,13-16,18-19H2,1H3. The maximum atomic E-state index is 13.1. The van der Waals surface area contributed by atoms with Crippen LogP contribution in [0.4, 0.5) is 4.39 Å². The topological polar surface area (TPSA) is 38.8 Å². The fourth-order valence-corrected chi connectivity index (χ4v) is 4.13. The number of piperidine rings is 1. The summed E-state index contributed by atoms with van der Waals surface area (Å²) in [5, 5.41) is 0. The highest BCUT2D eigenvalue weighted by atomic mass is 19.1. The number of methoxy groups -OCH3 is 1. The Balaban J connectivity index is 1.32. The number of ketones is 1. The van der Waals surface area contributed by atoms with E-state index in [2.05, 4.69) is 11.0 Å². The molecule has 3 aromatic carbocycles. The Bertz CT molecular complexity index is 1030. The Morgan fingerprint density at radius 2 is 1.72 bits per heavy atom. The Morgan fingerprint density at radius 3 is 2.41 bits per heavy atom. The van der Waals surface area contributed by atoms with Crippen molar-refractivity contribution in [3.05, 3.63) is 95.3 Å². The molecule has 0 aromatic heterocycles. The van der Waals surface area contributed by atoms with E-state index in [1.807, 2.05) is 42.5 Å². The number of halogens is 1. The van der Waals surface area contributed by atoms with Crippen molar-refractivity contribution in [2.45, 2.75) is 26.0 Å². The summed E-state index contributed by atoms with van der Waals surface area (Å²) in [7, 11) is 1.67. The van der Waals surface area contributed by atoms with Crippen LogP contribution in [0.2, 0.25) is 0 Å². The van der Waals surface area contributed by atoms with Gasteiger partial charge >= 0.3 is 0 Å². The van der Waals surface area contributed by atoms with Gasteiger partial charge in [0.25, 0.3) is 0 Å². The summed E-state index contributed by atoms with van der Waals surface area (Å²) in [6.07, 6.45) is 1.60. The van der Waals surface area contributed by atoms with Crippen LogP contribution in [0, 0.1) is 11.7 Å². The molecule has 1 aliphatic rings. The summed E-state index contributed by atoms with van der Waals surface area (Å²) >= 11 is 0. The average Bonchev–Trinajstić information content (AvgIpc) is 2.84. The molecule has 0 aliphatic carbocycles. The van der Waals surface area contributed by atoms with Gasteiger partial charge in [-0.25, -0.2) is 4.39 Å². The average molecular weight is 434 g/mol. The largest absolute Gasteiger partial charge is 0.496 e. The van der Waals surface area contributed by atoms with Crippen molar-refractivity contribution in [2.75, 3.05) is 20.2 Å². The maximum Gasteiger partial charge on any atom is 0.166 e. The lowest BCUT2D eigenvalue weighted by atomic mass is 9.88. The number of nitrogens with zero attached hydrogens (tertiary/aromatic N) is 1. The van der Waals surface area contributed by atoms with E-state index < -0.39 is 0 Å². The van der Waals surface area contributed by atoms with Crippen LogP contribution in [0.1, 0.15) is 34.3 Å². The first kappa shape index (κ1) is 22.0. The number of carbonyl (C=O) groups is 1. The molecule has 166 valence electrons. The highest BCUT2D eigenvalue weighted by Gasteiger charge is 2.26. The molecule has 0 N–H and O–H groups in total. The molecule has 0 amide bonds. The number of hydrogen-bond donors (Lipinski definition) is 0. The van der Waals surface area contributed by atoms with Gasteiger partial charge in [0.05, 0.1) is 7.11 Å². The molecule has 0 unspecified atom stereocenters. The van der Waals surface area contributed by atoms with Crippen LogP contribution in [-0.2, 0) is 13.2 Å². The van der Waals surface area contributed by atoms with E-state index in [4.69, 9.17) is 9.47 Å². The number of rotatable bonds is 8. The molecule has 1 saturated heterocycles. The van der Waals surface area contributed by atoms with Crippen molar-refractivity contribution in [3.8, 4) is 11.5 Å². The Kier molecular flexibility index (Phi) is 7.17. The predicted molar refractivity (Wildman–Crippen MR) is 122 cm³/mol. The minimum atomic E-state index is -0.318. The van der Waals surface area contributed by atoms with Gasteiger partial charge in [0.15, 0.2) is 5.78 Å². The van der Waals surface area contributed by atoms with Gasteiger partial charge in [0.2, 0.25) is 0 Å². The monoisotopic (exact) mass is 433 g/mol. The SMILES string of the molecule is COc1cc(OCc2ccccc2)ccc1CN1CCC(C(=O)c2ccc(F)cc2)CC1. The van der Waals surface area contributed by atoms with Gasteiger partial charge in [0.1, 0.15) is 23.9 Å². The normalized spacial score (nSPS) is 14.8. The van der Waals surface area contributed by atoms with E-state index in [-0.39, 0.29) is 17.5 Å². The fourth-order valence-electron chi connectivity index (χ4n) is 4.13. The van der Waals surface area contributed by atoms with Crippen LogP contribution >= 0.6 is 0 Å². The van der Waals surface area contributed by atoms with Crippen LogP contribution in [0.3, 0.4) is 0 Å². The molecule has 5 heteroatoms. The van der Waals surface area contributed by atoms with Gasteiger partial charge in [-0.1, -0.05) is 36.4 Å². The summed E-state index contributed by atoms with van der Waals surface area (Å²) in [5.41, 5.74) is 2.81. The molecule has 0 atom stereocenters. The number of likely N-dealkylation sites (tertiary alicyclic amines) is 1. The Hall–Kier alpha value is -3.18. The second-order valence-corrected chi connectivity index (χ2v) is 8.17. The minimum absolute atomic E-state index is 0.00707. The zero-order valence-corrected chi connectivity index (χ0v) is 18.3. The summed E-state index contributed by atoms with van der Waals surface area (Å²) in [4.78, 5) is 15.0. The van der Waals surface area contributed by atoms with Crippen LogP contribution in [0.25, 0.3) is 0 Å². The number of carbonyl (C=O) groups excluding carboxylic acids is 1. The zero-order valence-electron chi connectivity index (χ0n) is 18.3. The molecule has 4 rings (SSSR count). The summed E-state index contributed by atoms with van der Waals surface area (Å²) in [6, 6.07) is 21.9. The van der Waals surface area contributed by atoms with E-state index in [0.29, 0.717) is 12.2 Å². The molecule has 4 nitrogen and oxygen atoms in total. The van der Waals surface area contributed by atoms with E-state index in [1.165, 1.54) is 12.1 Å². The second-order valence-electron chi connectivity index (χ2n) is 8.17. The maximum absolute atomic E-state index is 13.1. The van der Waals surface area contributed by atoms with Crippen molar-refractivity contribution in [3.63, 3.8) is 0 Å². The predicted octanol–water partition coefficient (Wildman–Crippen LogP) is 5.51. The van der Waals surface area contributed by atoms with Crippen LogP contribution in [0.15, 0.2) is 72.8 Å². The number of hydrogen-bond acceptors (Lipinski definition) is 4. The lowest BCUT2D eigenvalue weighted by molar-refractivity contribution is 0.0834. The van der Waals surface area contributed by atoms with Crippen molar-refractivity contribution in [2.24, 2.45) is 5.92 Å². The first-order chi connectivity index (χ1) is 15.6. The van der Waals surface area contributed by atoms with Gasteiger partial charge in [-0.2, -0.15) is 0 Å². The first-order valence-corrected chi connectivity index (χ1v) is 11.0. The minimum Gasteiger partial charge on any atom is -0.496 e. The van der Waals surface area contributed by atoms with Crippen molar-refractivity contribution >= 4 is 5.78 Å². The summed E-state index contributed by atoms with van der Waals surface area (Å²) in [6.45, 7) is 2.96. The number of benzene rings is 3. The molecule has 1 fully saturated rings. The Morgan fingerprint density at radius 1 is 1.00 bits per heavy atom. The van der Waals surface area contributed by atoms with Crippen molar-refractivity contribution in [1.82, 2.24) is 4.90 Å². The second kappa shape index (κ2) is 10.4. The molecule has 0 saturated carbocycles. The third-order valence-electron chi connectivity index (χ3n) is 5.99. The zero-order chi connectivity index (χ0) is 22.3. The van der Waals surface area contributed by atoms with Gasteiger partial charge in [-0.05, 0) is 61.8 Å². The molecule has 0 spiro atoms. The molecular formula is C27H28FNO3. The van der Waals surface area contributed by atoms with Gasteiger partial charge < -0.3 is 9.47 Å². The molecular weight excluding hydrogens is 405 g/mol. The molecule has 0 bridgehead atoms. The third-order valence-corrected chi connectivity index (χ3v) is 5.99. The van der Waals surface area contributed by atoms with Crippen LogP contribution in [-0.4, -0.2) is 30.9 Å². The Labute approximate surface area is 188 Å². The van der Waals surface area contributed by atoms with E-state index in [0.717, 1.165) is 55.1 Å². The van der Waals surface area contributed by atoms with Gasteiger partial charge in [-0.15, -0.1) is 0 Å². The van der Waals surface area contributed by atoms with Crippen molar-refractivity contribution < 1.29 is 18.7 Å². The summed E-state index contributed by atoms with van der Waals surface area (Å²) in [5.74, 6) is 1.37. The van der Waals surface area contributed by atoms with Gasteiger partial charge in [-0.3, -0.25) is 9.69 Å². The highest BCUT2D eigenvalue weighted by Crippen LogP contribution is 2.29. The van der Waals surface area contributed by atoms with E-state index >= 15 is 0 Å². The third kappa shape index (κ3) is 5.54. The quantitative estimate of drug-likeness (QED) is 0.439. The first-order valence-electron chi connectivity index (χ1n) is 11.0. The lowest BCUT2D eigenvalue weighted by Crippen LogP contribution is -2.36. The molecule has 1 aliphatic heterocycles. The van der Waals surface area contributed by atoms with E-state index in [1.54, 1.807) is 19.2 Å². The van der Waals surface area contributed by atoms with E-state index in [9.17, 15) is 9.18 Å². The number of ether oxygens (including phenoxy) is 2. The smallest absolute Gasteiger partial charge is 0.166 e. The molecule has 0 radical (unpaired) electrons. The highest BCUT2D eigenvalue weighted by molar-refractivity contribution is 5.97. The van der Waals surface area contributed by atoms with Crippen molar-refractivity contribution in [1.29, 1.82) is 0 Å². The fraction of sp³-hybridized carbons (Fsp3) is 0.296. The van der Waals surface area contributed by atoms with Crippen LogP contribution in [0.5, 0.6) is 11.5 Å². The number of Topliss-reactive ketones (excluding diaryl/α,β-unsaturated/α-hetero) is 1.